The van der Waals surface area contributed by atoms with E-state index in [1.54, 1.807) is 0 Å². The Morgan fingerprint density at radius 3 is 2.47 bits per heavy atom. The molecule has 1 fully saturated rings. The minimum atomic E-state index is -0.788. The first-order valence-electron chi connectivity index (χ1n) is 15.2. The molecule has 0 spiro atoms. The Balaban J connectivity index is 1.11. The maximum atomic E-state index is 13.3. The summed E-state index contributed by atoms with van der Waals surface area (Å²) in [7, 11) is 0. The van der Waals surface area contributed by atoms with Crippen molar-refractivity contribution in [3.8, 4) is 0 Å². The summed E-state index contributed by atoms with van der Waals surface area (Å²) in [5.74, 6) is -1.25. The fourth-order valence-corrected chi connectivity index (χ4v) is 6.75. The van der Waals surface area contributed by atoms with Crippen LogP contribution in [0.15, 0.2) is 72.8 Å². The highest BCUT2D eigenvalue weighted by Gasteiger charge is 2.40. The molecular formula is C34H37N5O4. The number of H-pyrrole nitrogens is 1. The Morgan fingerprint density at radius 1 is 0.953 bits per heavy atom. The quantitative estimate of drug-likeness (QED) is 0.189. The van der Waals surface area contributed by atoms with Gasteiger partial charge in [0.15, 0.2) is 0 Å². The lowest BCUT2D eigenvalue weighted by Gasteiger charge is -2.33. The van der Waals surface area contributed by atoms with Gasteiger partial charge < -0.3 is 25.6 Å². The topological polar surface area (TPSA) is 127 Å². The van der Waals surface area contributed by atoms with Crippen LogP contribution in [0.5, 0.6) is 0 Å². The molecule has 43 heavy (non-hydrogen) atoms. The van der Waals surface area contributed by atoms with E-state index in [-0.39, 0.29) is 36.6 Å². The van der Waals surface area contributed by atoms with Gasteiger partial charge in [-0.3, -0.25) is 14.4 Å². The summed E-state index contributed by atoms with van der Waals surface area (Å²) in [6.45, 7) is 0.203. The van der Waals surface area contributed by atoms with Crippen LogP contribution in [-0.4, -0.2) is 39.4 Å². The van der Waals surface area contributed by atoms with Crippen LogP contribution in [0.4, 0.5) is 17.3 Å². The average Bonchev–Trinajstić information content (AvgIpc) is 3.38. The number of para-hydroxylation sites is 3. The van der Waals surface area contributed by atoms with Crippen LogP contribution in [-0.2, 0) is 20.9 Å². The molecule has 3 aromatic carbocycles. The Bertz CT molecular complexity index is 1580. The Morgan fingerprint density at radius 2 is 1.70 bits per heavy atom. The number of amides is 2. The molecule has 2 heterocycles. The lowest BCUT2D eigenvalue weighted by molar-refractivity contribution is -0.145. The van der Waals surface area contributed by atoms with Gasteiger partial charge in [-0.25, -0.2) is 4.98 Å². The van der Waals surface area contributed by atoms with E-state index in [1.807, 2.05) is 72.8 Å². The number of imidazole rings is 1. The van der Waals surface area contributed by atoms with Crippen molar-refractivity contribution in [2.75, 3.05) is 16.8 Å². The number of aromatic amines is 1. The second kappa shape index (κ2) is 12.7. The number of carbonyl (C=O) groups excluding carboxylic acids is 2. The Labute approximate surface area is 250 Å². The molecule has 1 aliphatic heterocycles. The molecule has 222 valence electrons. The van der Waals surface area contributed by atoms with Crippen molar-refractivity contribution in [1.29, 1.82) is 0 Å². The highest BCUT2D eigenvalue weighted by atomic mass is 16.4. The van der Waals surface area contributed by atoms with Gasteiger partial charge >= 0.3 is 5.97 Å². The number of benzene rings is 3. The number of rotatable bonds is 9. The predicted octanol–water partition coefficient (Wildman–Crippen LogP) is 6.11. The fraction of sp³-hybridized carbons (Fsp3) is 0.353. The number of hydrogen-bond acceptors (Lipinski definition) is 5. The highest BCUT2D eigenvalue weighted by Crippen LogP contribution is 2.45. The van der Waals surface area contributed by atoms with Crippen LogP contribution >= 0.6 is 0 Å². The lowest BCUT2D eigenvalue weighted by Crippen LogP contribution is -2.40. The molecule has 0 bridgehead atoms. The van der Waals surface area contributed by atoms with E-state index in [2.05, 4.69) is 20.6 Å². The van der Waals surface area contributed by atoms with E-state index >= 15 is 0 Å². The molecule has 6 rings (SSSR count). The molecule has 1 aliphatic carbocycles. The number of nitrogens with zero attached hydrogens (tertiary/aromatic N) is 2. The third-order valence-electron chi connectivity index (χ3n) is 8.87. The van der Waals surface area contributed by atoms with E-state index in [4.69, 9.17) is 0 Å². The molecule has 9 heteroatoms. The maximum Gasteiger partial charge on any atom is 0.307 e. The van der Waals surface area contributed by atoms with E-state index in [0.29, 0.717) is 24.6 Å². The SMILES string of the molecule is O=C(CN1C(=O)CCC(C(C(=O)O)C2CCCCC2)c2ccccc21)NCc1ccc(Nc2nc3ccccc3[nH]2)cc1. The number of aromatic nitrogens is 2. The summed E-state index contributed by atoms with van der Waals surface area (Å²) in [5.41, 5.74) is 5.12. The van der Waals surface area contributed by atoms with Gasteiger partial charge in [-0.1, -0.05) is 61.7 Å². The molecule has 0 saturated heterocycles. The van der Waals surface area contributed by atoms with Crippen LogP contribution in [0, 0.1) is 11.8 Å². The third-order valence-corrected chi connectivity index (χ3v) is 8.87. The van der Waals surface area contributed by atoms with Gasteiger partial charge in [-0.15, -0.1) is 0 Å². The molecule has 2 unspecified atom stereocenters. The van der Waals surface area contributed by atoms with Crippen LogP contribution in [0.3, 0.4) is 0 Å². The van der Waals surface area contributed by atoms with Crippen LogP contribution in [0.25, 0.3) is 11.0 Å². The average molecular weight is 580 g/mol. The van der Waals surface area contributed by atoms with Gasteiger partial charge in [-0.2, -0.15) is 0 Å². The molecule has 1 saturated carbocycles. The molecule has 2 amide bonds. The first kappa shape index (κ1) is 28.5. The minimum Gasteiger partial charge on any atom is -0.481 e. The smallest absolute Gasteiger partial charge is 0.307 e. The fourth-order valence-electron chi connectivity index (χ4n) is 6.75. The number of hydrogen-bond donors (Lipinski definition) is 4. The largest absolute Gasteiger partial charge is 0.481 e. The van der Waals surface area contributed by atoms with Gasteiger partial charge in [-0.05, 0) is 72.6 Å². The van der Waals surface area contributed by atoms with Crippen molar-refractivity contribution in [3.63, 3.8) is 0 Å². The van der Waals surface area contributed by atoms with E-state index in [1.165, 1.54) is 4.90 Å². The van der Waals surface area contributed by atoms with Gasteiger partial charge in [0.1, 0.15) is 6.54 Å². The van der Waals surface area contributed by atoms with Crippen molar-refractivity contribution in [1.82, 2.24) is 15.3 Å². The molecule has 0 radical (unpaired) electrons. The highest BCUT2D eigenvalue weighted by molar-refractivity contribution is 6.00. The van der Waals surface area contributed by atoms with Gasteiger partial charge in [0.05, 0.1) is 17.0 Å². The number of carboxylic acids is 1. The molecule has 1 aromatic heterocycles. The van der Waals surface area contributed by atoms with Gasteiger partial charge in [0.2, 0.25) is 17.8 Å². The van der Waals surface area contributed by atoms with Crippen molar-refractivity contribution < 1.29 is 19.5 Å². The number of carbonyl (C=O) groups is 3. The van der Waals surface area contributed by atoms with Crippen LogP contribution in [0.1, 0.15) is 62.0 Å². The molecular weight excluding hydrogens is 542 g/mol. The second-order valence-electron chi connectivity index (χ2n) is 11.6. The number of aliphatic carboxylic acids is 1. The summed E-state index contributed by atoms with van der Waals surface area (Å²) in [6, 6.07) is 23.0. The van der Waals surface area contributed by atoms with Crippen LogP contribution < -0.4 is 15.5 Å². The normalized spacial score (nSPS) is 18.1. The molecule has 2 aliphatic rings. The second-order valence-corrected chi connectivity index (χ2v) is 11.6. The van der Waals surface area contributed by atoms with Crippen molar-refractivity contribution in [2.45, 2.75) is 57.4 Å². The van der Waals surface area contributed by atoms with Crippen LogP contribution in [0.2, 0.25) is 0 Å². The number of carboxylic acid groups (broad SMARTS) is 1. The number of anilines is 3. The summed E-state index contributed by atoms with van der Waals surface area (Å²) in [4.78, 5) is 48.3. The first-order chi connectivity index (χ1) is 21.0. The molecule has 4 aromatic rings. The summed E-state index contributed by atoms with van der Waals surface area (Å²) in [5, 5.41) is 16.5. The van der Waals surface area contributed by atoms with E-state index in [9.17, 15) is 19.5 Å². The van der Waals surface area contributed by atoms with Crippen molar-refractivity contribution in [3.05, 3.63) is 83.9 Å². The molecule has 2 atom stereocenters. The summed E-state index contributed by atoms with van der Waals surface area (Å²) < 4.78 is 0. The third kappa shape index (κ3) is 6.40. The molecule has 9 nitrogen and oxygen atoms in total. The van der Waals surface area contributed by atoms with Gasteiger partial charge in [0.25, 0.3) is 0 Å². The lowest BCUT2D eigenvalue weighted by atomic mass is 9.70. The standard InChI is InChI=1S/C34H37N5O4/c40-30(35-20-22-14-16-24(17-15-22)36-34-37-27-11-5-6-12-28(27)38-34)21-39-29-13-7-4-10-25(29)26(18-19-31(39)41)32(33(42)43)23-8-2-1-3-9-23/h4-7,10-17,23,26,32H,1-3,8-9,18-21H2,(H,35,40)(H,42,43)(H2,36,37,38). The zero-order valence-electron chi connectivity index (χ0n) is 24.1. The zero-order valence-corrected chi connectivity index (χ0v) is 24.1. The zero-order chi connectivity index (χ0) is 29.8. The first-order valence-corrected chi connectivity index (χ1v) is 15.2. The summed E-state index contributed by atoms with van der Waals surface area (Å²) in [6.07, 6.45) is 5.75. The van der Waals surface area contributed by atoms with Crippen molar-refractivity contribution >= 4 is 46.1 Å². The Kier molecular flexibility index (Phi) is 8.40. The maximum absolute atomic E-state index is 13.3. The van der Waals surface area contributed by atoms with Crippen molar-refractivity contribution in [2.24, 2.45) is 11.8 Å². The summed E-state index contributed by atoms with van der Waals surface area (Å²) >= 11 is 0. The minimum absolute atomic E-state index is 0.106. The Hall–Kier alpha value is -4.66. The van der Waals surface area contributed by atoms with E-state index < -0.39 is 11.9 Å². The monoisotopic (exact) mass is 579 g/mol. The number of nitrogens with one attached hydrogen (secondary N) is 3. The molecule has 4 N–H and O–H groups in total. The van der Waals surface area contributed by atoms with Gasteiger partial charge in [0, 0.05) is 24.3 Å². The number of fused-ring (bicyclic) bond motifs is 2. The van der Waals surface area contributed by atoms with E-state index in [0.717, 1.165) is 60.0 Å². The predicted molar refractivity (Wildman–Crippen MR) is 166 cm³/mol.